The van der Waals surface area contributed by atoms with Crippen molar-refractivity contribution in [3.63, 3.8) is 0 Å². The Kier molecular flexibility index (Phi) is 4.11. The van der Waals surface area contributed by atoms with E-state index < -0.39 is 12.2 Å². The van der Waals surface area contributed by atoms with Gasteiger partial charge in [-0.2, -0.15) is 0 Å². The van der Waals surface area contributed by atoms with Crippen molar-refractivity contribution < 1.29 is 10.2 Å². The van der Waals surface area contributed by atoms with Gasteiger partial charge in [0, 0.05) is 0 Å². The highest BCUT2D eigenvalue weighted by Crippen LogP contribution is 2.17. The fourth-order valence-electron chi connectivity index (χ4n) is 1.45. The number of rotatable bonds is 4. The third-order valence-electron chi connectivity index (χ3n) is 2.32. The van der Waals surface area contributed by atoms with E-state index in [0.29, 0.717) is 0 Å². The highest BCUT2D eigenvalue weighted by molar-refractivity contribution is 5.24. The molecule has 0 aromatic heterocycles. The lowest BCUT2D eigenvalue weighted by molar-refractivity contribution is 0.0305. The van der Waals surface area contributed by atoms with Crippen LogP contribution in [-0.4, -0.2) is 16.3 Å². The minimum Gasteiger partial charge on any atom is -0.390 e. The predicted octanol–water partition coefficient (Wildman–Crippen LogP) is 2.05. The molecule has 0 aliphatic heterocycles. The van der Waals surface area contributed by atoms with E-state index in [1.807, 2.05) is 24.3 Å². The lowest BCUT2D eigenvalue weighted by Gasteiger charge is -2.14. The summed E-state index contributed by atoms with van der Waals surface area (Å²) in [4.78, 5) is 0. The van der Waals surface area contributed by atoms with Crippen LogP contribution >= 0.6 is 0 Å². The summed E-state index contributed by atoms with van der Waals surface area (Å²) in [5.74, 6) is 0. The molecule has 1 aromatic carbocycles. The second-order valence-corrected chi connectivity index (χ2v) is 3.68. The molecule has 78 valence electrons. The third kappa shape index (κ3) is 2.82. The Morgan fingerprint density at radius 1 is 1.14 bits per heavy atom. The standard InChI is InChI=1S/C12H18O2/c1-3-4-10-5-7-11(8-6-10)12(14)9(2)13/h5-9,12-14H,3-4H2,1-2H3. The summed E-state index contributed by atoms with van der Waals surface area (Å²) in [5, 5.41) is 18.8. The topological polar surface area (TPSA) is 40.5 Å². The molecule has 0 amide bonds. The first-order valence-electron chi connectivity index (χ1n) is 5.10. The number of hydrogen-bond donors (Lipinski definition) is 2. The molecular weight excluding hydrogens is 176 g/mol. The molecule has 0 aliphatic rings. The molecule has 2 unspecified atom stereocenters. The Balaban J connectivity index is 2.72. The summed E-state index contributed by atoms with van der Waals surface area (Å²) >= 11 is 0. The van der Waals surface area contributed by atoms with E-state index in [1.54, 1.807) is 6.92 Å². The van der Waals surface area contributed by atoms with E-state index in [-0.39, 0.29) is 0 Å². The van der Waals surface area contributed by atoms with Gasteiger partial charge >= 0.3 is 0 Å². The van der Waals surface area contributed by atoms with Crippen LogP contribution in [0.5, 0.6) is 0 Å². The first kappa shape index (κ1) is 11.2. The molecule has 0 saturated carbocycles. The van der Waals surface area contributed by atoms with Crippen molar-refractivity contribution in [1.29, 1.82) is 0 Å². The van der Waals surface area contributed by atoms with E-state index in [1.165, 1.54) is 5.56 Å². The minimum atomic E-state index is -0.773. The quantitative estimate of drug-likeness (QED) is 0.770. The van der Waals surface area contributed by atoms with Gasteiger partial charge in [-0.05, 0) is 24.5 Å². The van der Waals surface area contributed by atoms with Crippen LogP contribution in [-0.2, 0) is 6.42 Å². The molecule has 0 spiro atoms. The zero-order valence-electron chi connectivity index (χ0n) is 8.77. The van der Waals surface area contributed by atoms with Crippen LogP contribution in [0.2, 0.25) is 0 Å². The van der Waals surface area contributed by atoms with Crippen molar-refractivity contribution >= 4 is 0 Å². The first-order chi connectivity index (χ1) is 6.65. The molecular formula is C12H18O2. The van der Waals surface area contributed by atoms with Gasteiger partial charge in [0.2, 0.25) is 0 Å². The number of aliphatic hydroxyl groups is 2. The minimum absolute atomic E-state index is 0.716. The maximum absolute atomic E-state index is 9.57. The second-order valence-electron chi connectivity index (χ2n) is 3.68. The summed E-state index contributed by atoms with van der Waals surface area (Å²) in [5.41, 5.74) is 2.05. The molecule has 1 rings (SSSR count). The van der Waals surface area contributed by atoms with Crippen LogP contribution in [0, 0.1) is 0 Å². The number of aliphatic hydroxyl groups excluding tert-OH is 2. The van der Waals surface area contributed by atoms with Crippen LogP contribution < -0.4 is 0 Å². The largest absolute Gasteiger partial charge is 0.390 e. The molecule has 14 heavy (non-hydrogen) atoms. The van der Waals surface area contributed by atoms with Gasteiger partial charge in [-0.3, -0.25) is 0 Å². The first-order valence-corrected chi connectivity index (χ1v) is 5.10. The number of aryl methyl sites for hydroxylation is 1. The zero-order chi connectivity index (χ0) is 10.6. The lowest BCUT2D eigenvalue weighted by atomic mass is 10.0. The average molecular weight is 194 g/mol. The molecule has 0 radical (unpaired) electrons. The summed E-state index contributed by atoms with van der Waals surface area (Å²) < 4.78 is 0. The maximum atomic E-state index is 9.57. The Labute approximate surface area is 85.2 Å². The number of hydrogen-bond acceptors (Lipinski definition) is 2. The smallest absolute Gasteiger partial charge is 0.105 e. The SMILES string of the molecule is CCCc1ccc(C(O)C(C)O)cc1. The van der Waals surface area contributed by atoms with E-state index >= 15 is 0 Å². The van der Waals surface area contributed by atoms with Crippen molar-refractivity contribution in [3.8, 4) is 0 Å². The molecule has 2 heteroatoms. The van der Waals surface area contributed by atoms with Gasteiger partial charge in [0.1, 0.15) is 6.10 Å². The normalized spacial score (nSPS) is 15.1. The van der Waals surface area contributed by atoms with E-state index in [9.17, 15) is 10.2 Å². The highest BCUT2D eigenvalue weighted by atomic mass is 16.3. The van der Waals surface area contributed by atoms with E-state index in [2.05, 4.69) is 6.92 Å². The van der Waals surface area contributed by atoms with Gasteiger partial charge in [0.05, 0.1) is 6.10 Å². The van der Waals surface area contributed by atoms with Crippen molar-refractivity contribution in [2.45, 2.75) is 38.9 Å². The molecule has 1 aromatic rings. The summed E-state index contributed by atoms with van der Waals surface area (Å²) in [6.07, 6.45) is 0.696. The summed E-state index contributed by atoms with van der Waals surface area (Å²) in [6, 6.07) is 7.76. The molecule has 0 saturated heterocycles. The molecule has 2 atom stereocenters. The Morgan fingerprint density at radius 3 is 2.14 bits per heavy atom. The second kappa shape index (κ2) is 5.13. The predicted molar refractivity (Wildman–Crippen MR) is 57.1 cm³/mol. The van der Waals surface area contributed by atoms with Crippen molar-refractivity contribution in [3.05, 3.63) is 35.4 Å². The summed E-state index contributed by atoms with van der Waals surface area (Å²) in [6.45, 7) is 3.73. The Morgan fingerprint density at radius 2 is 1.71 bits per heavy atom. The molecule has 0 heterocycles. The van der Waals surface area contributed by atoms with Crippen LogP contribution in [0.1, 0.15) is 37.5 Å². The lowest BCUT2D eigenvalue weighted by Crippen LogP contribution is -2.13. The van der Waals surface area contributed by atoms with Crippen LogP contribution in [0.25, 0.3) is 0 Å². The van der Waals surface area contributed by atoms with E-state index in [0.717, 1.165) is 18.4 Å². The molecule has 0 fully saturated rings. The Hall–Kier alpha value is -0.860. The molecule has 0 bridgehead atoms. The Bertz CT molecular complexity index is 264. The van der Waals surface area contributed by atoms with Crippen molar-refractivity contribution in [2.75, 3.05) is 0 Å². The van der Waals surface area contributed by atoms with Crippen LogP contribution in [0.3, 0.4) is 0 Å². The van der Waals surface area contributed by atoms with Gasteiger partial charge in [-0.25, -0.2) is 0 Å². The molecule has 2 nitrogen and oxygen atoms in total. The molecule has 2 N–H and O–H groups in total. The maximum Gasteiger partial charge on any atom is 0.105 e. The zero-order valence-corrected chi connectivity index (χ0v) is 8.77. The monoisotopic (exact) mass is 194 g/mol. The molecule has 0 aliphatic carbocycles. The third-order valence-corrected chi connectivity index (χ3v) is 2.32. The fourth-order valence-corrected chi connectivity index (χ4v) is 1.45. The summed E-state index contributed by atoms with van der Waals surface area (Å²) in [7, 11) is 0. The van der Waals surface area contributed by atoms with Gasteiger partial charge in [-0.15, -0.1) is 0 Å². The van der Waals surface area contributed by atoms with Crippen LogP contribution in [0.15, 0.2) is 24.3 Å². The van der Waals surface area contributed by atoms with Crippen molar-refractivity contribution in [1.82, 2.24) is 0 Å². The average Bonchev–Trinajstić information content (AvgIpc) is 2.18. The van der Waals surface area contributed by atoms with Crippen LogP contribution in [0.4, 0.5) is 0 Å². The van der Waals surface area contributed by atoms with E-state index in [4.69, 9.17) is 0 Å². The van der Waals surface area contributed by atoms with Crippen molar-refractivity contribution in [2.24, 2.45) is 0 Å². The van der Waals surface area contributed by atoms with Gasteiger partial charge in [-0.1, -0.05) is 37.6 Å². The van der Waals surface area contributed by atoms with Gasteiger partial charge in [0.15, 0.2) is 0 Å². The number of benzene rings is 1. The highest BCUT2D eigenvalue weighted by Gasteiger charge is 2.12. The van der Waals surface area contributed by atoms with Gasteiger partial charge < -0.3 is 10.2 Å². The van der Waals surface area contributed by atoms with Gasteiger partial charge in [0.25, 0.3) is 0 Å². The fraction of sp³-hybridized carbons (Fsp3) is 0.500.